The van der Waals surface area contributed by atoms with Crippen LogP contribution in [0, 0.1) is 0 Å². The van der Waals surface area contributed by atoms with E-state index in [-0.39, 0.29) is 11.8 Å². The van der Waals surface area contributed by atoms with Crippen LogP contribution in [-0.2, 0) is 4.79 Å². The Labute approximate surface area is 197 Å². The molecule has 1 aliphatic heterocycles. The molecule has 0 aliphatic carbocycles. The van der Waals surface area contributed by atoms with E-state index in [9.17, 15) is 9.59 Å². The van der Waals surface area contributed by atoms with Crippen LogP contribution in [0.2, 0.25) is 5.02 Å². The molecule has 1 aliphatic rings. The molecule has 2 amide bonds. The van der Waals surface area contributed by atoms with Gasteiger partial charge in [0.1, 0.15) is 6.04 Å². The maximum atomic E-state index is 13.3. The number of H-pyrrole nitrogens is 1. The molecule has 2 aromatic carbocycles. The van der Waals surface area contributed by atoms with Crippen molar-refractivity contribution in [1.29, 1.82) is 0 Å². The van der Waals surface area contributed by atoms with E-state index in [2.05, 4.69) is 28.5 Å². The zero-order chi connectivity index (χ0) is 22.5. The van der Waals surface area contributed by atoms with E-state index in [1.807, 2.05) is 23.3 Å². The molecule has 1 saturated heterocycles. The number of para-hydroxylation sites is 1. The van der Waals surface area contributed by atoms with Crippen LogP contribution in [0.15, 0.2) is 54.6 Å². The van der Waals surface area contributed by atoms with Crippen molar-refractivity contribution in [1.82, 2.24) is 15.2 Å². The van der Waals surface area contributed by atoms with Gasteiger partial charge in [-0.05, 0) is 60.9 Å². The number of carbonyl (C=O) groups excluding carboxylic acids is 2. The number of aromatic nitrogens is 1. The molecule has 1 unspecified atom stereocenters. The molecule has 4 rings (SSSR count). The van der Waals surface area contributed by atoms with E-state index < -0.39 is 6.04 Å². The maximum Gasteiger partial charge on any atom is 0.253 e. The van der Waals surface area contributed by atoms with Crippen LogP contribution in [0.5, 0.6) is 0 Å². The first kappa shape index (κ1) is 22.7. The topological polar surface area (TPSA) is 65.2 Å². The Morgan fingerprint density at radius 1 is 1.16 bits per heavy atom. The van der Waals surface area contributed by atoms with Crippen molar-refractivity contribution in [2.45, 2.75) is 31.2 Å². The van der Waals surface area contributed by atoms with Gasteiger partial charge in [0, 0.05) is 30.2 Å². The minimum atomic E-state index is -0.546. The predicted molar refractivity (Wildman–Crippen MR) is 133 cm³/mol. The summed E-state index contributed by atoms with van der Waals surface area (Å²) < 4.78 is 0. The van der Waals surface area contributed by atoms with Crippen molar-refractivity contribution in [3.8, 4) is 0 Å². The van der Waals surface area contributed by atoms with E-state index in [1.54, 1.807) is 36.0 Å². The monoisotopic (exact) mass is 469 g/mol. The van der Waals surface area contributed by atoms with Crippen molar-refractivity contribution in [2.75, 3.05) is 25.1 Å². The van der Waals surface area contributed by atoms with Crippen LogP contribution in [0.4, 0.5) is 0 Å². The van der Waals surface area contributed by atoms with Gasteiger partial charge in [0.2, 0.25) is 5.91 Å². The third-order valence-corrected chi connectivity index (χ3v) is 7.10. The summed E-state index contributed by atoms with van der Waals surface area (Å²) in [5.74, 6) is 0.899. The van der Waals surface area contributed by atoms with Crippen LogP contribution in [-0.4, -0.2) is 52.8 Å². The van der Waals surface area contributed by atoms with Crippen LogP contribution >= 0.6 is 23.4 Å². The lowest BCUT2D eigenvalue weighted by Gasteiger charge is -2.34. The number of amides is 2. The molecule has 1 fully saturated rings. The number of benzene rings is 2. The second-order valence-corrected chi connectivity index (χ2v) is 9.59. The summed E-state index contributed by atoms with van der Waals surface area (Å²) >= 11 is 7.84. The summed E-state index contributed by atoms with van der Waals surface area (Å²) in [7, 11) is 0. The fourth-order valence-electron chi connectivity index (χ4n) is 4.32. The second-order valence-electron chi connectivity index (χ2n) is 8.20. The summed E-state index contributed by atoms with van der Waals surface area (Å²) in [5.41, 5.74) is 2.79. The predicted octanol–water partition coefficient (Wildman–Crippen LogP) is 5.08. The molecule has 5 nitrogen and oxygen atoms in total. The molecular weight excluding hydrogens is 442 g/mol. The second kappa shape index (κ2) is 10.5. The van der Waals surface area contributed by atoms with E-state index in [1.165, 1.54) is 11.1 Å². The van der Waals surface area contributed by atoms with Gasteiger partial charge in [0.05, 0.1) is 10.6 Å². The summed E-state index contributed by atoms with van der Waals surface area (Å²) in [6, 6.07) is 16.9. The number of likely N-dealkylation sites (tertiary alicyclic amines) is 1. The fraction of sp³-hybridized carbons (Fsp3) is 0.360. The summed E-state index contributed by atoms with van der Waals surface area (Å²) in [6.07, 6.45) is 4.42. The minimum Gasteiger partial charge on any atom is -0.358 e. The molecule has 1 atom stereocenters. The Kier molecular flexibility index (Phi) is 7.43. The third-order valence-electron chi connectivity index (χ3n) is 6.13. The maximum absolute atomic E-state index is 13.3. The average Bonchev–Trinajstić information content (AvgIpc) is 3.26. The van der Waals surface area contributed by atoms with Gasteiger partial charge in [-0.25, -0.2) is 0 Å². The molecule has 3 aromatic rings. The van der Waals surface area contributed by atoms with Crippen molar-refractivity contribution >= 4 is 46.1 Å². The van der Waals surface area contributed by atoms with Gasteiger partial charge in [0.15, 0.2) is 0 Å². The number of hydrogen-bond donors (Lipinski definition) is 2. The van der Waals surface area contributed by atoms with Crippen LogP contribution in [0.25, 0.3) is 10.9 Å². The van der Waals surface area contributed by atoms with Gasteiger partial charge in [-0.3, -0.25) is 9.59 Å². The van der Waals surface area contributed by atoms with Crippen molar-refractivity contribution < 1.29 is 9.59 Å². The third kappa shape index (κ3) is 5.13. The normalized spacial score (nSPS) is 15.6. The van der Waals surface area contributed by atoms with Crippen molar-refractivity contribution in [3.05, 3.63) is 70.9 Å². The van der Waals surface area contributed by atoms with E-state index in [0.717, 1.165) is 24.1 Å². The largest absolute Gasteiger partial charge is 0.358 e. The standard InChI is InChI=1S/C25H28ClN3O2S/c1-32-15-12-22(28-24(30)19-7-3-4-8-20(19)26)25(31)29-13-10-17(11-14-29)23-16-18-6-2-5-9-21(18)27-23/h2-9,16-17,22,27H,10-15H2,1H3,(H,28,30). The Bertz CT molecular complexity index is 1060. The SMILES string of the molecule is CSCCC(NC(=O)c1ccccc1Cl)C(=O)N1CCC(c2cc3ccccc3[nH]2)CC1. The number of fused-ring (bicyclic) bond motifs is 1. The highest BCUT2D eigenvalue weighted by molar-refractivity contribution is 7.98. The lowest BCUT2D eigenvalue weighted by molar-refractivity contribution is -0.134. The number of hydrogen-bond acceptors (Lipinski definition) is 3. The Balaban J connectivity index is 1.40. The van der Waals surface area contributed by atoms with Gasteiger partial charge in [-0.2, -0.15) is 11.8 Å². The van der Waals surface area contributed by atoms with E-state index >= 15 is 0 Å². The first-order valence-corrected chi connectivity index (χ1v) is 12.7. The molecule has 168 valence electrons. The number of nitrogens with zero attached hydrogens (tertiary/aromatic N) is 1. The summed E-state index contributed by atoms with van der Waals surface area (Å²) in [5, 5.41) is 4.54. The van der Waals surface area contributed by atoms with Gasteiger partial charge in [0.25, 0.3) is 5.91 Å². The number of halogens is 1. The molecule has 2 heterocycles. The molecule has 0 bridgehead atoms. The summed E-state index contributed by atoms with van der Waals surface area (Å²) in [4.78, 5) is 31.5. The highest BCUT2D eigenvalue weighted by Gasteiger charge is 2.30. The molecule has 7 heteroatoms. The van der Waals surface area contributed by atoms with Crippen LogP contribution < -0.4 is 5.32 Å². The van der Waals surface area contributed by atoms with Crippen LogP contribution in [0.3, 0.4) is 0 Å². The van der Waals surface area contributed by atoms with Gasteiger partial charge in [-0.15, -0.1) is 0 Å². The van der Waals surface area contributed by atoms with Crippen LogP contribution in [0.1, 0.15) is 41.2 Å². The van der Waals surface area contributed by atoms with E-state index in [0.29, 0.717) is 36.0 Å². The average molecular weight is 470 g/mol. The Morgan fingerprint density at radius 2 is 1.88 bits per heavy atom. The van der Waals surface area contributed by atoms with Crippen molar-refractivity contribution in [2.24, 2.45) is 0 Å². The number of nitrogens with one attached hydrogen (secondary N) is 2. The smallest absolute Gasteiger partial charge is 0.253 e. The Morgan fingerprint density at radius 3 is 2.59 bits per heavy atom. The number of rotatable bonds is 7. The first-order chi connectivity index (χ1) is 15.6. The highest BCUT2D eigenvalue weighted by Crippen LogP contribution is 2.30. The highest BCUT2D eigenvalue weighted by atomic mass is 35.5. The molecular formula is C25H28ClN3O2S. The molecule has 0 radical (unpaired) electrons. The van der Waals surface area contributed by atoms with Gasteiger partial charge in [-0.1, -0.05) is 41.9 Å². The molecule has 2 N–H and O–H groups in total. The molecule has 1 aromatic heterocycles. The molecule has 32 heavy (non-hydrogen) atoms. The van der Waals surface area contributed by atoms with Crippen molar-refractivity contribution in [3.63, 3.8) is 0 Å². The number of aromatic amines is 1. The summed E-state index contributed by atoms with van der Waals surface area (Å²) in [6.45, 7) is 1.38. The quantitative estimate of drug-likeness (QED) is 0.507. The number of carbonyl (C=O) groups is 2. The number of thioether (sulfide) groups is 1. The lowest BCUT2D eigenvalue weighted by atomic mass is 9.93. The zero-order valence-corrected chi connectivity index (χ0v) is 19.7. The first-order valence-electron chi connectivity index (χ1n) is 11.0. The van der Waals surface area contributed by atoms with E-state index in [4.69, 9.17) is 11.6 Å². The van der Waals surface area contributed by atoms with Gasteiger partial charge < -0.3 is 15.2 Å². The molecule has 0 saturated carbocycles. The van der Waals surface area contributed by atoms with Gasteiger partial charge >= 0.3 is 0 Å². The molecule has 0 spiro atoms. The Hall–Kier alpha value is -2.44. The fourth-order valence-corrected chi connectivity index (χ4v) is 5.01. The minimum absolute atomic E-state index is 0.00505. The lowest BCUT2D eigenvalue weighted by Crippen LogP contribution is -2.50. The zero-order valence-electron chi connectivity index (χ0n) is 18.1. The number of piperidine rings is 1.